The van der Waals surface area contributed by atoms with E-state index in [2.05, 4.69) is 31.3 Å². The number of nitrogens with one attached hydrogen (secondary N) is 1. The van der Waals surface area contributed by atoms with Gasteiger partial charge in [-0.1, -0.05) is 135 Å². The highest BCUT2D eigenvalue weighted by Gasteiger charge is 2.44. The Labute approximate surface area is 286 Å². The van der Waals surface area contributed by atoms with Crippen LogP contribution in [0.2, 0.25) is 0 Å². The number of unbranched alkanes of at least 4 members (excludes halogenated alkanes) is 19. The van der Waals surface area contributed by atoms with Crippen molar-refractivity contribution < 1.29 is 39.8 Å². The van der Waals surface area contributed by atoms with E-state index in [-0.39, 0.29) is 12.5 Å². The number of allylic oxidation sites excluding steroid dienone is 2. The fourth-order valence-corrected chi connectivity index (χ4v) is 6.15. The molecule has 0 aromatic rings. The summed E-state index contributed by atoms with van der Waals surface area (Å²) in [6, 6.07) is -0.716. The van der Waals surface area contributed by atoms with E-state index in [0.717, 1.165) is 51.4 Å². The van der Waals surface area contributed by atoms with Crippen molar-refractivity contribution >= 4 is 5.91 Å². The lowest BCUT2D eigenvalue weighted by Gasteiger charge is -2.40. The smallest absolute Gasteiger partial charge is 0.220 e. The Hall–Kier alpha value is -1.07. The molecule has 7 atom stereocenters. The first kappa shape index (κ1) is 44.0. The minimum Gasteiger partial charge on any atom is -0.394 e. The van der Waals surface area contributed by atoms with Gasteiger partial charge in [-0.25, -0.2) is 0 Å². The third-order valence-electron chi connectivity index (χ3n) is 9.37. The molecule has 278 valence electrons. The molecule has 1 aliphatic rings. The number of ether oxygens (including phenoxy) is 2. The van der Waals surface area contributed by atoms with Crippen LogP contribution < -0.4 is 5.32 Å². The van der Waals surface area contributed by atoms with Crippen molar-refractivity contribution in [1.29, 1.82) is 0 Å². The molecule has 1 rings (SSSR count). The summed E-state index contributed by atoms with van der Waals surface area (Å²) < 4.78 is 11.2. The maximum absolute atomic E-state index is 12.9. The van der Waals surface area contributed by atoms with Gasteiger partial charge in [-0.2, -0.15) is 0 Å². The zero-order valence-corrected chi connectivity index (χ0v) is 30.0. The molecule has 0 bridgehead atoms. The van der Waals surface area contributed by atoms with Crippen molar-refractivity contribution in [1.82, 2.24) is 5.32 Å². The Balaban J connectivity index is 2.43. The quantitative estimate of drug-likeness (QED) is 0.0357. The predicted molar refractivity (Wildman–Crippen MR) is 189 cm³/mol. The van der Waals surface area contributed by atoms with Gasteiger partial charge in [0.15, 0.2) is 6.29 Å². The molecule has 0 aliphatic carbocycles. The van der Waals surface area contributed by atoms with Gasteiger partial charge in [0.05, 0.1) is 25.4 Å². The van der Waals surface area contributed by atoms with Gasteiger partial charge in [0.2, 0.25) is 5.91 Å². The molecule has 6 N–H and O–H groups in total. The monoisotopic (exact) mass is 672 g/mol. The Morgan fingerprint density at radius 3 is 1.74 bits per heavy atom. The molecule has 9 heteroatoms. The molecular formula is C38H73NO8. The van der Waals surface area contributed by atoms with Gasteiger partial charge in [0.1, 0.15) is 24.4 Å². The van der Waals surface area contributed by atoms with Crippen molar-refractivity contribution in [2.24, 2.45) is 0 Å². The summed E-state index contributed by atoms with van der Waals surface area (Å²) in [5, 5.41) is 54.0. The normalized spacial score (nSPS) is 22.9. The number of carbonyl (C=O) groups excluding carboxylic acids is 1. The number of hydrogen-bond donors (Lipinski definition) is 6. The van der Waals surface area contributed by atoms with E-state index < -0.39 is 49.5 Å². The molecule has 1 heterocycles. The molecule has 1 amide bonds. The summed E-state index contributed by atoms with van der Waals surface area (Å²) in [6.45, 7) is 3.78. The molecular weight excluding hydrogens is 598 g/mol. The summed E-state index contributed by atoms with van der Waals surface area (Å²) in [5.74, 6) is -0.156. The minimum atomic E-state index is -1.55. The Kier molecular flexibility index (Phi) is 27.9. The van der Waals surface area contributed by atoms with Crippen LogP contribution in [0.3, 0.4) is 0 Å². The topological polar surface area (TPSA) is 149 Å². The highest BCUT2D eigenvalue weighted by Crippen LogP contribution is 2.23. The van der Waals surface area contributed by atoms with Crippen molar-refractivity contribution in [2.45, 2.75) is 211 Å². The van der Waals surface area contributed by atoms with Gasteiger partial charge < -0.3 is 40.3 Å². The maximum atomic E-state index is 12.9. The van der Waals surface area contributed by atoms with Crippen LogP contribution in [0.15, 0.2) is 12.2 Å². The van der Waals surface area contributed by atoms with Crippen LogP contribution in [0.5, 0.6) is 0 Å². The van der Waals surface area contributed by atoms with Crippen LogP contribution in [0.1, 0.15) is 168 Å². The van der Waals surface area contributed by atoms with E-state index in [4.69, 9.17) is 9.47 Å². The van der Waals surface area contributed by atoms with E-state index in [0.29, 0.717) is 12.8 Å². The van der Waals surface area contributed by atoms with Crippen LogP contribution in [-0.4, -0.2) is 87.5 Å². The Morgan fingerprint density at radius 2 is 1.19 bits per heavy atom. The third kappa shape index (κ3) is 21.6. The van der Waals surface area contributed by atoms with Crippen molar-refractivity contribution in [3.8, 4) is 0 Å². The van der Waals surface area contributed by atoms with E-state index in [9.17, 15) is 30.3 Å². The van der Waals surface area contributed by atoms with Crippen LogP contribution in [-0.2, 0) is 14.3 Å². The molecule has 1 saturated heterocycles. The van der Waals surface area contributed by atoms with Gasteiger partial charge in [0.25, 0.3) is 0 Å². The highest BCUT2D eigenvalue weighted by atomic mass is 16.7. The number of amides is 1. The molecule has 0 aromatic heterocycles. The first-order valence-corrected chi connectivity index (χ1v) is 19.4. The van der Waals surface area contributed by atoms with Crippen molar-refractivity contribution in [2.75, 3.05) is 13.2 Å². The Bertz CT molecular complexity index is 751. The summed E-state index contributed by atoms with van der Waals surface area (Å²) in [5.41, 5.74) is 0. The number of aliphatic hydroxyl groups excluding tert-OH is 5. The molecule has 1 fully saturated rings. The van der Waals surface area contributed by atoms with E-state index in [1.807, 2.05) is 0 Å². The van der Waals surface area contributed by atoms with E-state index in [1.165, 1.54) is 89.9 Å². The number of carbonyl (C=O) groups is 1. The number of hydrogen-bond acceptors (Lipinski definition) is 8. The van der Waals surface area contributed by atoms with Gasteiger partial charge in [0, 0.05) is 6.42 Å². The summed E-state index contributed by atoms with van der Waals surface area (Å²) in [7, 11) is 0. The summed E-state index contributed by atoms with van der Waals surface area (Å²) >= 11 is 0. The average molecular weight is 672 g/mol. The lowest BCUT2D eigenvalue weighted by atomic mass is 9.99. The zero-order chi connectivity index (χ0) is 34.5. The van der Waals surface area contributed by atoms with Crippen molar-refractivity contribution in [3.05, 3.63) is 12.2 Å². The molecule has 0 radical (unpaired) electrons. The number of aliphatic hydroxyl groups is 5. The molecule has 9 nitrogen and oxygen atoms in total. The minimum absolute atomic E-state index is 0.139. The lowest BCUT2D eigenvalue weighted by Crippen LogP contribution is -2.60. The summed E-state index contributed by atoms with van der Waals surface area (Å²) in [4.78, 5) is 12.9. The maximum Gasteiger partial charge on any atom is 0.220 e. The second kappa shape index (κ2) is 29.8. The number of rotatable bonds is 31. The molecule has 47 heavy (non-hydrogen) atoms. The molecule has 0 spiro atoms. The van der Waals surface area contributed by atoms with Crippen LogP contribution in [0.4, 0.5) is 0 Å². The van der Waals surface area contributed by atoms with Crippen LogP contribution in [0, 0.1) is 0 Å². The molecule has 1 aliphatic heterocycles. The predicted octanol–water partition coefficient (Wildman–Crippen LogP) is 6.61. The standard InChI is InChI=1S/C38H73NO8/c1-3-5-7-9-11-13-15-16-18-20-22-24-26-28-34(42)39-31(30-46-38-37(45)36(44)35(43)33(29-40)47-38)32(41)27-25-23-21-19-17-14-12-10-8-6-4-2/h13,15,31-33,35-38,40-41,43-45H,3-12,14,16-30H2,1-2H3,(H,39,42)/b15-13-. The second-order valence-electron chi connectivity index (χ2n) is 13.7. The van der Waals surface area contributed by atoms with Crippen LogP contribution in [0.25, 0.3) is 0 Å². The van der Waals surface area contributed by atoms with Crippen molar-refractivity contribution in [3.63, 3.8) is 0 Å². The fraction of sp³-hybridized carbons (Fsp3) is 0.921. The lowest BCUT2D eigenvalue weighted by molar-refractivity contribution is -0.302. The average Bonchev–Trinajstić information content (AvgIpc) is 3.07. The largest absolute Gasteiger partial charge is 0.394 e. The second-order valence-corrected chi connectivity index (χ2v) is 13.7. The zero-order valence-electron chi connectivity index (χ0n) is 30.0. The molecule has 0 aromatic carbocycles. The van der Waals surface area contributed by atoms with E-state index >= 15 is 0 Å². The Morgan fingerprint density at radius 1 is 0.702 bits per heavy atom. The third-order valence-corrected chi connectivity index (χ3v) is 9.37. The summed E-state index contributed by atoms with van der Waals surface area (Å²) in [6.07, 6.45) is 23.6. The van der Waals surface area contributed by atoms with Gasteiger partial charge >= 0.3 is 0 Å². The molecule has 0 saturated carbocycles. The van der Waals surface area contributed by atoms with Crippen LogP contribution >= 0.6 is 0 Å². The molecule has 7 unspecified atom stereocenters. The van der Waals surface area contributed by atoms with Gasteiger partial charge in [-0.3, -0.25) is 4.79 Å². The first-order valence-electron chi connectivity index (χ1n) is 19.4. The van der Waals surface area contributed by atoms with Gasteiger partial charge in [-0.05, 0) is 38.5 Å². The SMILES string of the molecule is CCCCCC/C=C\CCCCCCCC(=O)NC(COC1OC(CO)C(O)C(O)C1O)C(O)CCCCCCCCCCCCC. The first-order chi connectivity index (χ1) is 22.8. The fourth-order valence-electron chi connectivity index (χ4n) is 6.15. The van der Waals surface area contributed by atoms with Gasteiger partial charge in [-0.15, -0.1) is 0 Å². The highest BCUT2D eigenvalue weighted by molar-refractivity contribution is 5.76. The van der Waals surface area contributed by atoms with E-state index in [1.54, 1.807) is 0 Å².